The van der Waals surface area contributed by atoms with E-state index in [1.54, 1.807) is 6.07 Å². The number of rotatable bonds is 5. The maximum Gasteiger partial charge on any atom is 0.275 e. The predicted octanol–water partition coefficient (Wildman–Crippen LogP) is 3.05. The van der Waals surface area contributed by atoms with Gasteiger partial charge < -0.3 is 14.4 Å². The zero-order chi connectivity index (χ0) is 22.1. The molecule has 1 N–H and O–H groups in total. The van der Waals surface area contributed by atoms with Crippen LogP contribution in [-0.4, -0.2) is 53.2 Å². The van der Waals surface area contributed by atoms with Crippen LogP contribution in [0.3, 0.4) is 0 Å². The van der Waals surface area contributed by atoms with Gasteiger partial charge in [-0.3, -0.25) is 10.1 Å². The Hall–Kier alpha value is -3.30. The number of halogens is 3. The molecule has 0 spiro atoms. The van der Waals surface area contributed by atoms with E-state index in [0.717, 1.165) is 6.29 Å². The number of methoxy groups -OCH3 is 1. The smallest absolute Gasteiger partial charge is 0.275 e. The minimum atomic E-state index is -0.609. The van der Waals surface area contributed by atoms with Crippen LogP contribution in [0, 0.1) is 11.6 Å². The van der Waals surface area contributed by atoms with E-state index >= 15 is 0 Å². The number of amides is 1. The average Bonchev–Trinajstić information content (AvgIpc) is 3.42. The summed E-state index contributed by atoms with van der Waals surface area (Å²) in [5.74, 6) is -1.64. The maximum absolute atomic E-state index is 14.3. The van der Waals surface area contributed by atoms with Gasteiger partial charge in [-0.15, -0.1) is 0 Å². The van der Waals surface area contributed by atoms with Crippen LogP contribution >= 0.6 is 11.6 Å². The third kappa shape index (κ3) is 3.89. The topological polar surface area (TPSA) is 76.5 Å². The first kappa shape index (κ1) is 21.0. The molecule has 7 nitrogen and oxygen atoms in total. The van der Waals surface area contributed by atoms with Crippen molar-refractivity contribution in [3.8, 4) is 22.7 Å². The lowest BCUT2D eigenvalue weighted by molar-refractivity contribution is -0.109. The number of nitrogens with one attached hydrogen (secondary N) is 1. The van der Waals surface area contributed by atoms with Gasteiger partial charge in [0.15, 0.2) is 17.3 Å². The minimum Gasteiger partial charge on any atom is -0.493 e. The molecule has 1 aliphatic heterocycles. The minimum absolute atomic E-state index is 0.0280. The van der Waals surface area contributed by atoms with Crippen molar-refractivity contribution in [3.05, 3.63) is 64.8 Å². The third-order valence-corrected chi connectivity index (χ3v) is 5.23. The number of carbonyl (C=O) groups excluding carboxylic acids is 2. The molecule has 0 bridgehead atoms. The van der Waals surface area contributed by atoms with Crippen LogP contribution in [0.1, 0.15) is 10.5 Å². The second-order valence-electron chi connectivity index (χ2n) is 6.88. The molecule has 1 aliphatic rings. The Bertz CT molecular complexity index is 1170. The van der Waals surface area contributed by atoms with Crippen LogP contribution in [0.15, 0.2) is 42.5 Å². The van der Waals surface area contributed by atoms with Gasteiger partial charge in [0.25, 0.3) is 5.91 Å². The van der Waals surface area contributed by atoms with E-state index in [1.165, 1.54) is 53.1 Å². The summed E-state index contributed by atoms with van der Waals surface area (Å²) in [6.45, 7) is 0.395. The lowest BCUT2D eigenvalue weighted by Crippen LogP contribution is -2.30. The molecule has 0 aliphatic carbocycles. The maximum atomic E-state index is 14.3. The van der Waals surface area contributed by atoms with Crippen molar-refractivity contribution in [1.82, 2.24) is 20.0 Å². The van der Waals surface area contributed by atoms with Gasteiger partial charge in [0.05, 0.1) is 36.2 Å². The summed E-state index contributed by atoms with van der Waals surface area (Å²) < 4.78 is 34.6. The molecule has 4 rings (SSSR count). The summed E-state index contributed by atoms with van der Waals surface area (Å²) in [6.07, 6.45) is 0.732. The highest BCUT2D eigenvalue weighted by molar-refractivity contribution is 6.30. The third-order valence-electron chi connectivity index (χ3n) is 4.94. The van der Waals surface area contributed by atoms with Crippen molar-refractivity contribution in [2.75, 3.05) is 20.3 Å². The largest absolute Gasteiger partial charge is 0.493 e. The van der Waals surface area contributed by atoms with Crippen LogP contribution < -0.4 is 10.1 Å². The van der Waals surface area contributed by atoms with Crippen LogP contribution in [0.2, 0.25) is 5.02 Å². The molecular formula is C21H17ClF2N4O3. The Morgan fingerprint density at radius 3 is 2.74 bits per heavy atom. The number of aromatic nitrogens is 2. The molecule has 10 heteroatoms. The number of carbonyl (C=O) groups is 2. The van der Waals surface area contributed by atoms with E-state index in [2.05, 4.69) is 10.4 Å². The molecule has 1 fully saturated rings. The fraction of sp³-hybridized carbons (Fsp3) is 0.190. The molecule has 0 saturated carbocycles. The van der Waals surface area contributed by atoms with Crippen molar-refractivity contribution in [2.24, 2.45) is 0 Å². The SMILES string of the molecule is COc1c(F)cccc1-c1cc(C(=O)N2CNC(C=O)C2)nn1-c1ccc(F)c(Cl)c1. The Morgan fingerprint density at radius 2 is 2.06 bits per heavy atom. The fourth-order valence-electron chi connectivity index (χ4n) is 3.41. The van der Waals surface area contributed by atoms with Crippen molar-refractivity contribution in [3.63, 3.8) is 0 Å². The number of hydrogen-bond donors (Lipinski definition) is 1. The number of nitrogens with zero attached hydrogens (tertiary/aromatic N) is 3. The van der Waals surface area contributed by atoms with Crippen molar-refractivity contribution >= 4 is 23.8 Å². The molecule has 3 aromatic rings. The Balaban J connectivity index is 1.85. The van der Waals surface area contributed by atoms with E-state index in [0.29, 0.717) is 16.9 Å². The number of hydrogen-bond acceptors (Lipinski definition) is 5. The van der Waals surface area contributed by atoms with Gasteiger partial charge in [-0.2, -0.15) is 5.10 Å². The monoisotopic (exact) mass is 446 g/mol. The van der Waals surface area contributed by atoms with E-state index in [-0.39, 0.29) is 29.7 Å². The molecule has 1 aromatic heterocycles. The summed E-state index contributed by atoms with van der Waals surface area (Å²) in [5, 5.41) is 7.15. The van der Waals surface area contributed by atoms with Gasteiger partial charge in [-0.25, -0.2) is 13.5 Å². The number of benzene rings is 2. The van der Waals surface area contributed by atoms with Crippen LogP contribution in [0.25, 0.3) is 16.9 Å². The van der Waals surface area contributed by atoms with Gasteiger partial charge in [0.2, 0.25) is 0 Å². The molecular weight excluding hydrogens is 430 g/mol. The zero-order valence-corrected chi connectivity index (χ0v) is 17.1. The molecule has 31 heavy (non-hydrogen) atoms. The van der Waals surface area contributed by atoms with Gasteiger partial charge in [0.1, 0.15) is 12.1 Å². The zero-order valence-electron chi connectivity index (χ0n) is 16.3. The highest BCUT2D eigenvalue weighted by Gasteiger charge is 2.29. The summed E-state index contributed by atoms with van der Waals surface area (Å²) in [6, 6.07) is 9.38. The molecule has 2 heterocycles. The Labute approximate surface area is 181 Å². The van der Waals surface area contributed by atoms with Gasteiger partial charge in [-0.05, 0) is 36.4 Å². The second-order valence-corrected chi connectivity index (χ2v) is 7.29. The number of para-hydroxylation sites is 1. The first-order chi connectivity index (χ1) is 14.9. The standard InChI is InChI=1S/C21H17ClF2N4O3/c1-31-20-14(3-2-4-17(20)24)19-8-18(21(30)27-9-12(10-29)25-11-27)26-28(19)13-5-6-16(23)15(22)7-13/h2-8,10,12,25H,9,11H2,1H3. The van der Waals surface area contributed by atoms with Gasteiger partial charge in [-0.1, -0.05) is 17.7 Å². The molecule has 0 radical (unpaired) electrons. The number of ether oxygens (including phenoxy) is 1. The average molecular weight is 447 g/mol. The highest BCUT2D eigenvalue weighted by atomic mass is 35.5. The molecule has 160 valence electrons. The molecule has 2 aromatic carbocycles. The van der Waals surface area contributed by atoms with Crippen LogP contribution in [0.5, 0.6) is 5.75 Å². The lowest BCUT2D eigenvalue weighted by Gasteiger charge is -2.12. The van der Waals surface area contributed by atoms with Crippen LogP contribution in [0.4, 0.5) is 8.78 Å². The quantitative estimate of drug-likeness (QED) is 0.610. The first-order valence-electron chi connectivity index (χ1n) is 9.29. The van der Waals surface area contributed by atoms with E-state index in [4.69, 9.17) is 16.3 Å². The summed E-state index contributed by atoms with van der Waals surface area (Å²) >= 11 is 5.93. The Kier molecular flexibility index (Phi) is 5.71. The van der Waals surface area contributed by atoms with E-state index in [9.17, 15) is 18.4 Å². The van der Waals surface area contributed by atoms with Crippen LogP contribution in [-0.2, 0) is 4.79 Å². The summed E-state index contributed by atoms with van der Waals surface area (Å²) in [5.41, 5.74) is 1.13. The van der Waals surface area contributed by atoms with E-state index in [1.807, 2.05) is 0 Å². The first-order valence-corrected chi connectivity index (χ1v) is 9.67. The van der Waals surface area contributed by atoms with Gasteiger partial charge in [0, 0.05) is 12.1 Å². The second kappa shape index (κ2) is 8.44. The number of aldehydes is 1. The summed E-state index contributed by atoms with van der Waals surface area (Å²) in [7, 11) is 1.33. The van der Waals surface area contributed by atoms with Crippen molar-refractivity contribution < 1.29 is 23.1 Å². The van der Waals surface area contributed by atoms with Crippen molar-refractivity contribution in [1.29, 1.82) is 0 Å². The summed E-state index contributed by atoms with van der Waals surface area (Å²) in [4.78, 5) is 25.4. The fourth-order valence-corrected chi connectivity index (χ4v) is 3.59. The predicted molar refractivity (Wildman–Crippen MR) is 109 cm³/mol. The molecule has 1 atom stereocenters. The normalized spacial score (nSPS) is 15.9. The van der Waals surface area contributed by atoms with E-state index < -0.39 is 23.6 Å². The highest BCUT2D eigenvalue weighted by Crippen LogP contribution is 2.35. The Morgan fingerprint density at radius 1 is 1.26 bits per heavy atom. The van der Waals surface area contributed by atoms with Crippen molar-refractivity contribution in [2.45, 2.75) is 6.04 Å². The molecule has 1 unspecified atom stereocenters. The van der Waals surface area contributed by atoms with Gasteiger partial charge >= 0.3 is 0 Å². The lowest BCUT2D eigenvalue weighted by atomic mass is 10.1. The molecule has 1 saturated heterocycles. The molecule has 1 amide bonds.